The van der Waals surface area contributed by atoms with Crippen LogP contribution in [0.1, 0.15) is 0 Å². The molecular weight excluding hydrogens is 395 g/mol. The van der Waals surface area contributed by atoms with Gasteiger partial charge in [-0.2, -0.15) is 0 Å². The third kappa shape index (κ3) is 17.6. The molecule has 0 saturated carbocycles. The van der Waals surface area contributed by atoms with Crippen LogP contribution in [0.4, 0.5) is 0 Å². The van der Waals surface area contributed by atoms with Crippen molar-refractivity contribution in [2.45, 2.75) is 0 Å². The first kappa shape index (κ1) is 20.7. The smallest absolute Gasteiger partial charge is 0.246 e. The average molecular weight is 418 g/mol. The van der Waals surface area contributed by atoms with Gasteiger partial charge in [0, 0.05) is 35.7 Å². The van der Waals surface area contributed by atoms with Crippen LogP contribution in [0.3, 0.4) is 0 Å². The van der Waals surface area contributed by atoms with E-state index in [0.717, 1.165) is 0 Å². The van der Waals surface area contributed by atoms with Crippen LogP contribution >= 0.6 is 22.6 Å². The van der Waals surface area contributed by atoms with Crippen LogP contribution in [0.25, 0.3) is 0 Å². The molecule has 0 bridgehead atoms. The van der Waals surface area contributed by atoms with Gasteiger partial charge in [-0.3, -0.25) is 9.59 Å². The summed E-state index contributed by atoms with van der Waals surface area (Å²) < 4.78 is 20.4. The predicted octanol–water partition coefficient (Wildman–Crippen LogP) is -0.911. The van der Waals surface area contributed by atoms with Gasteiger partial charge in [0.1, 0.15) is 13.2 Å². The number of rotatable bonds is 15. The number of amides is 1. The second-order valence-electron chi connectivity index (χ2n) is 3.82. The van der Waals surface area contributed by atoms with Crippen molar-refractivity contribution in [3.05, 3.63) is 0 Å². The molecule has 0 aliphatic carbocycles. The molecule has 0 aliphatic heterocycles. The monoisotopic (exact) mass is 418 g/mol. The van der Waals surface area contributed by atoms with E-state index in [9.17, 15) is 9.59 Å². The van der Waals surface area contributed by atoms with Crippen molar-refractivity contribution in [1.82, 2.24) is 5.32 Å². The van der Waals surface area contributed by atoms with E-state index in [0.29, 0.717) is 52.7 Å². The summed E-state index contributed by atoms with van der Waals surface area (Å²) in [6.07, 6.45) is 0. The Morgan fingerprint density at radius 3 is 2.05 bits per heavy atom. The Bertz CT molecular complexity index is 280. The summed E-state index contributed by atoms with van der Waals surface area (Å²) in [5.41, 5.74) is 5.25. The summed E-state index contributed by atoms with van der Waals surface area (Å²) >= 11 is 1.67. The molecule has 0 aromatic rings. The lowest BCUT2D eigenvalue weighted by Gasteiger charge is -2.07. The highest BCUT2D eigenvalue weighted by Gasteiger charge is 2.00. The molecule has 0 rings (SSSR count). The number of nitrogens with one attached hydrogen (secondary N) is 1. The van der Waals surface area contributed by atoms with Gasteiger partial charge in [-0.15, -0.1) is 0 Å². The summed E-state index contributed by atoms with van der Waals surface area (Å²) in [5, 5.41) is 2.65. The van der Waals surface area contributed by atoms with Crippen LogP contribution < -0.4 is 11.1 Å². The summed E-state index contributed by atoms with van der Waals surface area (Å²) in [5.74, 6) is -0.204. The topological polar surface area (TPSA) is 109 Å². The molecule has 0 atom stereocenters. The SMILES string of the molecule is NCCOCCOCC(=O)NCCOCCOCC(=O)I. The average Bonchev–Trinajstić information content (AvgIpc) is 2.45. The summed E-state index contributed by atoms with van der Waals surface area (Å²) in [4.78, 5) is 21.9. The van der Waals surface area contributed by atoms with E-state index < -0.39 is 0 Å². The molecule has 8 nitrogen and oxygen atoms in total. The maximum atomic E-state index is 11.3. The zero-order valence-corrected chi connectivity index (χ0v) is 14.1. The number of carbonyl (C=O) groups is 2. The van der Waals surface area contributed by atoms with Gasteiger partial charge in [0.05, 0.1) is 39.6 Å². The van der Waals surface area contributed by atoms with Gasteiger partial charge in [-0.1, -0.05) is 0 Å². The van der Waals surface area contributed by atoms with E-state index in [1.165, 1.54) is 0 Å². The first-order valence-corrected chi connectivity index (χ1v) is 7.70. The number of hydrogen-bond acceptors (Lipinski definition) is 7. The molecule has 0 unspecified atom stereocenters. The van der Waals surface area contributed by atoms with Crippen molar-refractivity contribution >= 4 is 32.3 Å². The molecule has 9 heteroatoms. The minimum absolute atomic E-state index is 0.00708. The van der Waals surface area contributed by atoms with E-state index in [1.54, 1.807) is 22.6 Å². The highest BCUT2D eigenvalue weighted by molar-refractivity contribution is 14.1. The van der Waals surface area contributed by atoms with Gasteiger partial charge in [-0.05, 0) is 0 Å². The molecule has 21 heavy (non-hydrogen) atoms. The lowest BCUT2D eigenvalue weighted by Crippen LogP contribution is -2.31. The van der Waals surface area contributed by atoms with Crippen molar-refractivity contribution in [3.8, 4) is 0 Å². The van der Waals surface area contributed by atoms with Crippen LogP contribution in [-0.4, -0.2) is 75.6 Å². The Balaban J connectivity index is 3.17. The standard InChI is InChI=1S/C12H23IN2O6/c13-11(16)9-20-7-6-19-4-2-15-12(17)10-21-8-5-18-3-1-14/h1-10,14H2,(H,15,17). The van der Waals surface area contributed by atoms with Crippen LogP contribution in [0.15, 0.2) is 0 Å². The molecule has 0 spiro atoms. The number of nitrogens with two attached hydrogens (primary N) is 1. The lowest BCUT2D eigenvalue weighted by atomic mass is 10.6. The normalized spacial score (nSPS) is 10.6. The Hall–Kier alpha value is -0.330. The summed E-state index contributed by atoms with van der Waals surface area (Å²) in [6, 6.07) is 0. The highest BCUT2D eigenvalue weighted by atomic mass is 127. The maximum Gasteiger partial charge on any atom is 0.246 e. The van der Waals surface area contributed by atoms with Gasteiger partial charge in [-0.25, -0.2) is 0 Å². The zero-order chi connectivity index (χ0) is 15.8. The number of hydrogen-bond donors (Lipinski definition) is 2. The molecule has 0 aliphatic rings. The van der Waals surface area contributed by atoms with Crippen LogP contribution in [0.5, 0.6) is 0 Å². The number of ether oxygens (including phenoxy) is 4. The molecule has 124 valence electrons. The first-order valence-electron chi connectivity index (χ1n) is 6.63. The fraction of sp³-hybridized carbons (Fsp3) is 0.833. The Morgan fingerprint density at radius 1 is 0.857 bits per heavy atom. The van der Waals surface area contributed by atoms with Crippen molar-refractivity contribution in [2.75, 3.05) is 65.9 Å². The fourth-order valence-corrected chi connectivity index (χ4v) is 1.37. The zero-order valence-electron chi connectivity index (χ0n) is 12.0. The minimum Gasteiger partial charge on any atom is -0.378 e. The molecule has 0 saturated heterocycles. The summed E-state index contributed by atoms with van der Waals surface area (Å²) in [7, 11) is 0. The second kappa shape index (κ2) is 16.0. The largest absolute Gasteiger partial charge is 0.378 e. The van der Waals surface area contributed by atoms with Crippen molar-refractivity contribution < 1.29 is 28.5 Å². The molecule has 0 heterocycles. The molecular formula is C12H23IN2O6. The molecule has 0 radical (unpaired) electrons. The minimum atomic E-state index is -0.204. The van der Waals surface area contributed by atoms with E-state index in [-0.39, 0.29) is 22.9 Å². The van der Waals surface area contributed by atoms with Crippen LogP contribution in [-0.2, 0) is 28.5 Å². The Kier molecular flexibility index (Phi) is 15.8. The van der Waals surface area contributed by atoms with Gasteiger partial charge < -0.3 is 30.0 Å². The predicted molar refractivity (Wildman–Crippen MR) is 84.4 cm³/mol. The Morgan fingerprint density at radius 2 is 1.43 bits per heavy atom. The Labute approximate surface area is 138 Å². The van der Waals surface area contributed by atoms with E-state index in [1.807, 2.05) is 0 Å². The molecule has 3 N–H and O–H groups in total. The first-order chi connectivity index (χ1) is 10.2. The third-order valence-corrected chi connectivity index (χ3v) is 2.33. The molecule has 1 amide bonds. The fourth-order valence-electron chi connectivity index (χ4n) is 1.15. The van der Waals surface area contributed by atoms with Gasteiger partial charge >= 0.3 is 0 Å². The van der Waals surface area contributed by atoms with E-state index in [4.69, 9.17) is 24.7 Å². The van der Waals surface area contributed by atoms with Gasteiger partial charge in [0.25, 0.3) is 0 Å². The second-order valence-corrected chi connectivity index (χ2v) is 5.03. The molecule has 0 aromatic carbocycles. The lowest BCUT2D eigenvalue weighted by molar-refractivity contribution is -0.126. The summed E-state index contributed by atoms with van der Waals surface area (Å²) in [6.45, 7) is 3.35. The third-order valence-electron chi connectivity index (χ3n) is 2.02. The number of halogens is 1. The van der Waals surface area contributed by atoms with Crippen LogP contribution in [0.2, 0.25) is 0 Å². The van der Waals surface area contributed by atoms with Crippen molar-refractivity contribution in [2.24, 2.45) is 5.73 Å². The van der Waals surface area contributed by atoms with Crippen LogP contribution in [0, 0.1) is 0 Å². The van der Waals surface area contributed by atoms with E-state index in [2.05, 4.69) is 5.32 Å². The van der Waals surface area contributed by atoms with Gasteiger partial charge in [0.15, 0.2) is 0 Å². The van der Waals surface area contributed by atoms with Gasteiger partial charge in [0.2, 0.25) is 9.70 Å². The maximum absolute atomic E-state index is 11.3. The van der Waals surface area contributed by atoms with Crippen molar-refractivity contribution in [1.29, 1.82) is 0 Å². The highest BCUT2D eigenvalue weighted by Crippen LogP contribution is 1.87. The number of carbonyl (C=O) groups excluding carboxylic acids is 2. The molecule has 0 fully saturated rings. The van der Waals surface area contributed by atoms with Crippen molar-refractivity contribution in [3.63, 3.8) is 0 Å². The molecule has 0 aromatic heterocycles. The quantitative estimate of drug-likeness (QED) is 0.201. The van der Waals surface area contributed by atoms with E-state index >= 15 is 0 Å².